The largest absolute Gasteiger partial charge is 0.326 e. The molecule has 2 aromatic carbocycles. The second-order valence-corrected chi connectivity index (χ2v) is 5.82. The highest BCUT2D eigenvalue weighted by atomic mass is 15.2. The third-order valence-corrected chi connectivity index (χ3v) is 3.82. The fourth-order valence-corrected chi connectivity index (χ4v) is 2.68. The van der Waals surface area contributed by atoms with Crippen LogP contribution < -0.4 is 10.2 Å². The van der Waals surface area contributed by atoms with E-state index >= 15 is 0 Å². The van der Waals surface area contributed by atoms with Crippen LogP contribution in [0.15, 0.2) is 60.8 Å². The van der Waals surface area contributed by atoms with Crippen LogP contribution in [0.3, 0.4) is 0 Å². The van der Waals surface area contributed by atoms with Gasteiger partial charge in [0.15, 0.2) is 0 Å². The van der Waals surface area contributed by atoms with Crippen molar-refractivity contribution in [3.8, 4) is 0 Å². The van der Waals surface area contributed by atoms with Crippen molar-refractivity contribution in [3.05, 3.63) is 71.9 Å². The summed E-state index contributed by atoms with van der Waals surface area (Å²) in [6.45, 7) is 7.13. The SMILES string of the molecule is CCN(c1cccc(C)c1)c1ccnc(Nc2cccc(C)c2)n1. The summed E-state index contributed by atoms with van der Waals surface area (Å²) >= 11 is 0. The number of benzene rings is 2. The van der Waals surface area contributed by atoms with Gasteiger partial charge in [-0.3, -0.25) is 0 Å². The number of nitrogens with one attached hydrogen (secondary N) is 1. The summed E-state index contributed by atoms with van der Waals surface area (Å²) in [5.41, 5.74) is 4.56. The van der Waals surface area contributed by atoms with Crippen molar-refractivity contribution in [1.82, 2.24) is 9.97 Å². The zero-order valence-electron chi connectivity index (χ0n) is 14.3. The van der Waals surface area contributed by atoms with Gasteiger partial charge >= 0.3 is 0 Å². The van der Waals surface area contributed by atoms with Crippen LogP contribution >= 0.6 is 0 Å². The smallest absolute Gasteiger partial charge is 0.229 e. The Hall–Kier alpha value is -2.88. The molecule has 0 aliphatic rings. The molecule has 0 unspecified atom stereocenters. The molecule has 1 aromatic heterocycles. The van der Waals surface area contributed by atoms with Crippen LogP contribution in [-0.4, -0.2) is 16.5 Å². The van der Waals surface area contributed by atoms with Gasteiger partial charge in [0.1, 0.15) is 5.82 Å². The maximum atomic E-state index is 4.68. The number of anilines is 4. The summed E-state index contributed by atoms with van der Waals surface area (Å²) in [6, 6.07) is 18.6. The Morgan fingerprint density at radius 1 is 0.958 bits per heavy atom. The summed E-state index contributed by atoms with van der Waals surface area (Å²) in [5.74, 6) is 1.48. The summed E-state index contributed by atoms with van der Waals surface area (Å²) in [7, 11) is 0. The van der Waals surface area contributed by atoms with Crippen molar-refractivity contribution in [2.75, 3.05) is 16.8 Å². The van der Waals surface area contributed by atoms with Crippen LogP contribution in [0.4, 0.5) is 23.1 Å². The minimum absolute atomic E-state index is 0.601. The van der Waals surface area contributed by atoms with Crippen molar-refractivity contribution in [2.45, 2.75) is 20.8 Å². The zero-order valence-corrected chi connectivity index (χ0v) is 14.3. The lowest BCUT2D eigenvalue weighted by atomic mass is 10.2. The Morgan fingerprint density at radius 3 is 2.42 bits per heavy atom. The first kappa shape index (κ1) is 16.0. The number of aromatic nitrogens is 2. The van der Waals surface area contributed by atoms with Crippen molar-refractivity contribution >= 4 is 23.1 Å². The van der Waals surface area contributed by atoms with Crippen LogP contribution in [0.25, 0.3) is 0 Å². The molecular formula is C20H22N4. The highest BCUT2D eigenvalue weighted by Gasteiger charge is 2.10. The van der Waals surface area contributed by atoms with E-state index in [1.54, 1.807) is 6.20 Å². The third kappa shape index (κ3) is 3.71. The van der Waals surface area contributed by atoms with Gasteiger partial charge in [-0.1, -0.05) is 24.3 Å². The van der Waals surface area contributed by atoms with Gasteiger partial charge in [-0.2, -0.15) is 4.98 Å². The minimum Gasteiger partial charge on any atom is -0.326 e. The second-order valence-electron chi connectivity index (χ2n) is 5.82. The summed E-state index contributed by atoms with van der Waals surface area (Å²) in [5, 5.41) is 3.28. The van der Waals surface area contributed by atoms with Crippen molar-refractivity contribution in [3.63, 3.8) is 0 Å². The molecule has 122 valence electrons. The van der Waals surface area contributed by atoms with E-state index in [4.69, 9.17) is 0 Å². The Balaban J connectivity index is 1.88. The van der Waals surface area contributed by atoms with Gasteiger partial charge in [0.25, 0.3) is 0 Å². The molecule has 0 fully saturated rings. The minimum atomic E-state index is 0.601. The standard InChI is InChI=1S/C20H22N4/c1-4-24(18-10-6-8-16(3)14-18)19-11-12-21-20(23-19)22-17-9-5-7-15(2)13-17/h5-14H,4H2,1-3H3,(H,21,22,23). The van der Waals surface area contributed by atoms with Crippen molar-refractivity contribution < 1.29 is 0 Å². The van der Waals surface area contributed by atoms with Gasteiger partial charge in [0.2, 0.25) is 5.95 Å². The molecule has 0 amide bonds. The molecule has 0 saturated heterocycles. The molecule has 4 nitrogen and oxygen atoms in total. The molecule has 0 aliphatic heterocycles. The molecule has 0 spiro atoms. The quantitative estimate of drug-likeness (QED) is 0.719. The van der Waals surface area contributed by atoms with Crippen molar-refractivity contribution in [2.24, 2.45) is 0 Å². The highest BCUT2D eigenvalue weighted by molar-refractivity contribution is 5.62. The lowest BCUT2D eigenvalue weighted by Gasteiger charge is -2.22. The number of hydrogen-bond acceptors (Lipinski definition) is 4. The monoisotopic (exact) mass is 318 g/mol. The van der Waals surface area contributed by atoms with E-state index in [2.05, 4.69) is 77.4 Å². The molecule has 1 heterocycles. The number of hydrogen-bond donors (Lipinski definition) is 1. The predicted octanol–water partition coefficient (Wildman–Crippen LogP) is 5.00. The van der Waals surface area contributed by atoms with Gasteiger partial charge in [-0.15, -0.1) is 0 Å². The van der Waals surface area contributed by atoms with E-state index in [0.29, 0.717) is 5.95 Å². The van der Waals surface area contributed by atoms with Gasteiger partial charge in [0.05, 0.1) is 0 Å². The van der Waals surface area contributed by atoms with Crippen LogP contribution in [0.5, 0.6) is 0 Å². The maximum absolute atomic E-state index is 4.68. The molecular weight excluding hydrogens is 296 g/mol. The van der Waals surface area contributed by atoms with Crippen LogP contribution in [-0.2, 0) is 0 Å². The van der Waals surface area contributed by atoms with Crippen LogP contribution in [0, 0.1) is 13.8 Å². The zero-order chi connectivity index (χ0) is 16.9. The van der Waals surface area contributed by atoms with Gasteiger partial charge in [0, 0.05) is 24.1 Å². The number of nitrogens with zero attached hydrogens (tertiary/aromatic N) is 3. The Bertz CT molecular complexity index is 829. The summed E-state index contributed by atoms with van der Waals surface area (Å²) < 4.78 is 0. The van der Waals surface area contributed by atoms with E-state index in [1.165, 1.54) is 11.1 Å². The molecule has 0 aliphatic carbocycles. The second kappa shape index (κ2) is 7.13. The van der Waals surface area contributed by atoms with Gasteiger partial charge in [-0.25, -0.2) is 4.98 Å². The first-order valence-electron chi connectivity index (χ1n) is 8.16. The Labute approximate surface area is 143 Å². The molecule has 3 rings (SSSR count). The van der Waals surface area contributed by atoms with E-state index in [1.807, 2.05) is 18.2 Å². The van der Waals surface area contributed by atoms with Gasteiger partial charge in [-0.05, 0) is 62.2 Å². The van der Waals surface area contributed by atoms with Crippen LogP contribution in [0.1, 0.15) is 18.1 Å². The number of rotatable bonds is 5. The average molecular weight is 318 g/mol. The van der Waals surface area contributed by atoms with E-state index in [-0.39, 0.29) is 0 Å². The maximum Gasteiger partial charge on any atom is 0.229 e. The molecule has 0 bridgehead atoms. The molecule has 1 N–H and O–H groups in total. The fourth-order valence-electron chi connectivity index (χ4n) is 2.68. The molecule has 4 heteroatoms. The summed E-state index contributed by atoms with van der Waals surface area (Å²) in [6.07, 6.45) is 1.79. The van der Waals surface area contributed by atoms with Crippen LogP contribution in [0.2, 0.25) is 0 Å². The van der Waals surface area contributed by atoms with E-state index < -0.39 is 0 Å². The molecule has 0 saturated carbocycles. The Morgan fingerprint density at radius 2 is 1.71 bits per heavy atom. The first-order chi connectivity index (χ1) is 11.7. The normalized spacial score (nSPS) is 10.5. The van der Waals surface area contributed by atoms with E-state index in [0.717, 1.165) is 23.7 Å². The topological polar surface area (TPSA) is 41.1 Å². The highest BCUT2D eigenvalue weighted by Crippen LogP contribution is 2.25. The van der Waals surface area contributed by atoms with Crippen molar-refractivity contribution in [1.29, 1.82) is 0 Å². The molecule has 0 atom stereocenters. The molecule has 24 heavy (non-hydrogen) atoms. The molecule has 3 aromatic rings. The lowest BCUT2D eigenvalue weighted by molar-refractivity contribution is 0.977. The first-order valence-corrected chi connectivity index (χ1v) is 8.16. The number of aryl methyl sites for hydroxylation is 2. The average Bonchev–Trinajstić information content (AvgIpc) is 2.56. The summed E-state index contributed by atoms with van der Waals surface area (Å²) in [4.78, 5) is 11.2. The lowest BCUT2D eigenvalue weighted by Crippen LogP contribution is -2.18. The van der Waals surface area contributed by atoms with E-state index in [9.17, 15) is 0 Å². The fraction of sp³-hybridized carbons (Fsp3) is 0.200. The third-order valence-electron chi connectivity index (χ3n) is 3.82. The molecule has 0 radical (unpaired) electrons. The Kier molecular flexibility index (Phi) is 4.75. The van der Waals surface area contributed by atoms with Gasteiger partial charge < -0.3 is 10.2 Å². The predicted molar refractivity (Wildman–Crippen MR) is 100 cm³/mol.